The van der Waals surface area contributed by atoms with E-state index in [1.54, 1.807) is 12.1 Å². The van der Waals surface area contributed by atoms with Crippen LogP contribution in [0.3, 0.4) is 0 Å². The molecule has 1 fully saturated rings. The lowest BCUT2D eigenvalue weighted by molar-refractivity contribution is -0.144. The van der Waals surface area contributed by atoms with Crippen LogP contribution < -0.4 is 5.32 Å². The van der Waals surface area contributed by atoms with E-state index < -0.39 is 11.5 Å². The summed E-state index contributed by atoms with van der Waals surface area (Å²) in [5.41, 5.74) is 4.49. The fourth-order valence-electron chi connectivity index (χ4n) is 6.44. The fraction of sp³-hybridized carbons (Fsp3) is 0.276. The molecule has 1 spiro atoms. The number of para-hydroxylation sites is 1. The Balaban J connectivity index is 1.39. The summed E-state index contributed by atoms with van der Waals surface area (Å²) in [6.07, 6.45) is 5.51. The lowest BCUT2D eigenvalue weighted by Gasteiger charge is -2.47. The number of aliphatic carboxylic acids is 1. The number of carboxylic acid groups (broad SMARTS) is 1. The van der Waals surface area contributed by atoms with E-state index in [0.29, 0.717) is 17.9 Å². The normalized spacial score (nSPS) is 26.0. The van der Waals surface area contributed by atoms with Crippen molar-refractivity contribution in [2.75, 3.05) is 5.32 Å². The number of carbonyl (C=O) groups is 1. The van der Waals surface area contributed by atoms with Crippen LogP contribution in [0.1, 0.15) is 48.3 Å². The van der Waals surface area contributed by atoms with Gasteiger partial charge in [-0.1, -0.05) is 60.1 Å². The summed E-state index contributed by atoms with van der Waals surface area (Å²) < 4.78 is 5.94. The Labute approximate surface area is 203 Å². The largest absolute Gasteiger partial charge is 0.480 e. The van der Waals surface area contributed by atoms with Crippen LogP contribution >= 0.6 is 11.6 Å². The molecule has 0 bridgehead atoms. The Morgan fingerprint density at radius 3 is 2.53 bits per heavy atom. The number of halogens is 1. The molecule has 4 nitrogen and oxygen atoms in total. The van der Waals surface area contributed by atoms with Gasteiger partial charge < -0.3 is 14.8 Å². The molecule has 1 heterocycles. The lowest BCUT2D eigenvalue weighted by atomic mass is 9.59. The smallest absolute Gasteiger partial charge is 0.329 e. The van der Waals surface area contributed by atoms with Crippen molar-refractivity contribution in [1.82, 2.24) is 0 Å². The number of rotatable bonds is 4. The van der Waals surface area contributed by atoms with E-state index in [1.807, 2.05) is 30.5 Å². The zero-order valence-corrected chi connectivity index (χ0v) is 19.5. The second kappa shape index (κ2) is 7.92. The first-order valence-corrected chi connectivity index (χ1v) is 12.2. The Morgan fingerprint density at radius 1 is 0.971 bits per heavy atom. The quantitative estimate of drug-likeness (QED) is 0.331. The number of carboxylic acids is 1. The highest BCUT2D eigenvalue weighted by atomic mass is 35.5. The summed E-state index contributed by atoms with van der Waals surface area (Å²) >= 11 is 6.17. The molecule has 6 rings (SSSR count). The monoisotopic (exact) mass is 471 g/mol. The zero-order valence-electron chi connectivity index (χ0n) is 18.8. The third-order valence-corrected chi connectivity index (χ3v) is 8.38. The van der Waals surface area contributed by atoms with Gasteiger partial charge >= 0.3 is 5.97 Å². The minimum atomic E-state index is -1.02. The minimum Gasteiger partial charge on any atom is -0.480 e. The van der Waals surface area contributed by atoms with Crippen molar-refractivity contribution in [1.29, 1.82) is 0 Å². The van der Waals surface area contributed by atoms with E-state index >= 15 is 0 Å². The first kappa shape index (κ1) is 21.3. The molecule has 0 radical (unpaired) electrons. The van der Waals surface area contributed by atoms with Gasteiger partial charge in [-0.25, -0.2) is 4.79 Å². The van der Waals surface area contributed by atoms with Gasteiger partial charge in [0.25, 0.3) is 0 Å². The number of anilines is 1. The zero-order chi connectivity index (χ0) is 23.3. The minimum absolute atomic E-state index is 0.113. The van der Waals surface area contributed by atoms with E-state index in [4.69, 9.17) is 16.0 Å². The average Bonchev–Trinajstić information content (AvgIpc) is 3.40. The third-order valence-electron chi connectivity index (χ3n) is 8.14. The topological polar surface area (TPSA) is 62.5 Å². The number of fused-ring (bicyclic) bond motifs is 3. The van der Waals surface area contributed by atoms with Gasteiger partial charge in [-0.05, 0) is 67.5 Å². The predicted molar refractivity (Wildman–Crippen MR) is 135 cm³/mol. The number of benzene rings is 3. The molecular weight excluding hydrogens is 446 g/mol. The molecule has 0 aliphatic heterocycles. The summed E-state index contributed by atoms with van der Waals surface area (Å²) in [4.78, 5) is 12.6. The van der Waals surface area contributed by atoms with Gasteiger partial charge in [-0.15, -0.1) is 0 Å². The van der Waals surface area contributed by atoms with Crippen LogP contribution in [0, 0.1) is 0 Å². The lowest BCUT2D eigenvalue weighted by Crippen LogP contribution is -2.52. The summed E-state index contributed by atoms with van der Waals surface area (Å²) in [6, 6.07) is 24.2. The van der Waals surface area contributed by atoms with Crippen LogP contribution in [-0.4, -0.2) is 16.6 Å². The maximum absolute atomic E-state index is 12.6. The van der Waals surface area contributed by atoms with Gasteiger partial charge in [0.15, 0.2) is 0 Å². The molecule has 34 heavy (non-hydrogen) atoms. The maximum atomic E-state index is 12.6. The van der Waals surface area contributed by atoms with E-state index in [1.165, 1.54) is 16.7 Å². The average molecular weight is 472 g/mol. The van der Waals surface area contributed by atoms with Crippen molar-refractivity contribution in [3.63, 3.8) is 0 Å². The molecule has 172 valence electrons. The van der Waals surface area contributed by atoms with E-state index in [9.17, 15) is 9.90 Å². The van der Waals surface area contributed by atoms with Gasteiger partial charge in [0.05, 0.1) is 6.26 Å². The summed E-state index contributed by atoms with van der Waals surface area (Å²) in [5, 5.41) is 15.4. The second-order valence-electron chi connectivity index (χ2n) is 9.78. The molecule has 4 aromatic rings. The van der Waals surface area contributed by atoms with Crippen LogP contribution in [0.5, 0.6) is 0 Å². The Hall–Kier alpha value is -3.24. The van der Waals surface area contributed by atoms with E-state index in [0.717, 1.165) is 35.9 Å². The molecule has 3 aromatic carbocycles. The molecule has 1 aromatic heterocycles. The molecule has 1 atom stereocenters. The third kappa shape index (κ3) is 3.24. The van der Waals surface area contributed by atoms with Crippen molar-refractivity contribution in [2.24, 2.45) is 0 Å². The standard InChI is InChI=1S/C29H26ClNO3/c30-20-7-5-8-21(17-20)31-29(27(32)33)14-12-28(13-15-29)24-10-3-1-6-19(24)16-25(28)23-18-34-26-11-4-2-9-22(23)26/h1-11,17-18,25,31H,12-16H2,(H,32,33). The van der Waals surface area contributed by atoms with Crippen LogP contribution in [0.2, 0.25) is 5.02 Å². The molecule has 5 heteroatoms. The highest BCUT2D eigenvalue weighted by Gasteiger charge is 2.54. The van der Waals surface area contributed by atoms with E-state index in [2.05, 4.69) is 41.7 Å². The number of furan rings is 1. The Bertz CT molecular complexity index is 1380. The van der Waals surface area contributed by atoms with Gasteiger partial charge in [-0.2, -0.15) is 0 Å². The highest BCUT2D eigenvalue weighted by molar-refractivity contribution is 6.30. The van der Waals surface area contributed by atoms with Crippen molar-refractivity contribution in [3.05, 3.63) is 101 Å². The summed E-state index contributed by atoms with van der Waals surface area (Å²) in [5.74, 6) is -0.551. The summed E-state index contributed by atoms with van der Waals surface area (Å²) in [6.45, 7) is 0. The number of hydrogen-bond acceptors (Lipinski definition) is 3. The van der Waals surface area contributed by atoms with Gasteiger partial charge in [0.1, 0.15) is 11.1 Å². The molecule has 2 aliphatic rings. The van der Waals surface area contributed by atoms with Crippen LogP contribution in [-0.2, 0) is 16.6 Å². The Kier molecular flexibility index (Phi) is 4.96. The number of hydrogen-bond donors (Lipinski definition) is 2. The summed E-state index contributed by atoms with van der Waals surface area (Å²) in [7, 11) is 0. The Morgan fingerprint density at radius 2 is 1.74 bits per heavy atom. The van der Waals surface area contributed by atoms with Gasteiger partial charge in [0.2, 0.25) is 0 Å². The molecule has 0 saturated heterocycles. The molecule has 1 unspecified atom stereocenters. The van der Waals surface area contributed by atoms with Crippen LogP contribution in [0.25, 0.3) is 11.0 Å². The first-order valence-electron chi connectivity index (χ1n) is 11.8. The van der Waals surface area contributed by atoms with Crippen LogP contribution in [0.4, 0.5) is 5.69 Å². The van der Waals surface area contributed by atoms with Gasteiger partial charge in [0, 0.05) is 33.0 Å². The van der Waals surface area contributed by atoms with Gasteiger partial charge in [-0.3, -0.25) is 0 Å². The fourth-order valence-corrected chi connectivity index (χ4v) is 6.63. The first-order chi connectivity index (χ1) is 16.5. The predicted octanol–water partition coefficient (Wildman–Crippen LogP) is 7.17. The van der Waals surface area contributed by atoms with E-state index in [-0.39, 0.29) is 11.3 Å². The molecule has 0 amide bonds. The highest BCUT2D eigenvalue weighted by Crippen LogP contribution is 2.58. The molecule has 2 aliphatic carbocycles. The molecular formula is C29H26ClNO3. The molecule has 1 saturated carbocycles. The number of nitrogens with one attached hydrogen (secondary N) is 1. The van der Waals surface area contributed by atoms with Crippen molar-refractivity contribution < 1.29 is 14.3 Å². The van der Waals surface area contributed by atoms with Crippen LogP contribution in [0.15, 0.2) is 83.5 Å². The van der Waals surface area contributed by atoms with Crippen molar-refractivity contribution in [3.8, 4) is 0 Å². The van der Waals surface area contributed by atoms with Crippen molar-refractivity contribution >= 4 is 34.2 Å². The van der Waals surface area contributed by atoms with Crippen molar-refractivity contribution in [2.45, 2.75) is 49.0 Å². The second-order valence-corrected chi connectivity index (χ2v) is 10.2. The SMILES string of the molecule is O=C(O)C1(Nc2cccc(Cl)c2)CCC2(CC1)c1ccccc1CC2c1coc2ccccc12. The maximum Gasteiger partial charge on any atom is 0.329 e. The molecule has 2 N–H and O–H groups in total.